The van der Waals surface area contributed by atoms with Gasteiger partial charge in [-0.25, -0.2) is 13.2 Å². The van der Waals surface area contributed by atoms with E-state index in [0.29, 0.717) is 23.7 Å². The molecule has 176 valence electrons. The molecule has 0 spiro atoms. The van der Waals surface area contributed by atoms with Gasteiger partial charge in [-0.15, -0.1) is 0 Å². The maximum atomic E-state index is 13.6. The lowest BCUT2D eigenvalue weighted by Crippen LogP contribution is -2.47. The summed E-state index contributed by atoms with van der Waals surface area (Å²) in [6.45, 7) is 5.83. The molecule has 9 nitrogen and oxygen atoms in total. The average Bonchev–Trinajstić information content (AvgIpc) is 2.71. The smallest absolute Gasteiger partial charge is 0.412 e. The van der Waals surface area contributed by atoms with Crippen molar-refractivity contribution in [3.8, 4) is 11.8 Å². The summed E-state index contributed by atoms with van der Waals surface area (Å²) in [6.07, 6.45) is -1.06. The number of fused-ring (bicyclic) bond motifs is 1. The Balaban J connectivity index is 2.02. The Morgan fingerprint density at radius 2 is 2.00 bits per heavy atom. The van der Waals surface area contributed by atoms with Crippen molar-refractivity contribution in [3.63, 3.8) is 0 Å². The Kier molecular flexibility index (Phi) is 6.86. The molecule has 1 heterocycles. The Labute approximate surface area is 194 Å². The van der Waals surface area contributed by atoms with Gasteiger partial charge in [-0.1, -0.05) is 6.07 Å². The summed E-state index contributed by atoms with van der Waals surface area (Å²) in [5, 5.41) is 11.8. The van der Waals surface area contributed by atoms with Crippen LogP contribution >= 0.6 is 0 Å². The van der Waals surface area contributed by atoms with Gasteiger partial charge in [0, 0.05) is 12.2 Å². The molecule has 1 N–H and O–H groups in total. The third-order valence-corrected chi connectivity index (χ3v) is 6.43. The highest BCUT2D eigenvalue weighted by molar-refractivity contribution is 7.92. The van der Waals surface area contributed by atoms with Gasteiger partial charge in [0.1, 0.15) is 17.5 Å². The van der Waals surface area contributed by atoms with Crippen LogP contribution in [0.5, 0.6) is 5.75 Å². The van der Waals surface area contributed by atoms with Crippen LogP contribution in [-0.2, 0) is 14.8 Å². The molecule has 0 aromatic heterocycles. The normalized spacial score (nSPS) is 15.9. The fourth-order valence-corrected chi connectivity index (χ4v) is 4.94. The van der Waals surface area contributed by atoms with Crippen LogP contribution in [0.15, 0.2) is 47.4 Å². The Hall–Kier alpha value is -3.29. The van der Waals surface area contributed by atoms with Gasteiger partial charge in [0.2, 0.25) is 0 Å². The monoisotopic (exact) mass is 472 g/mol. The van der Waals surface area contributed by atoms with Crippen LogP contribution in [0.1, 0.15) is 26.3 Å². The lowest BCUT2D eigenvalue weighted by Gasteiger charge is -2.36. The minimum atomic E-state index is -4.01. The number of nitrogens with zero attached hydrogens (tertiary/aromatic N) is 3. The van der Waals surface area contributed by atoms with E-state index in [0.717, 1.165) is 0 Å². The van der Waals surface area contributed by atoms with E-state index in [1.807, 2.05) is 25.1 Å². The van der Waals surface area contributed by atoms with E-state index < -0.39 is 27.8 Å². The minimum Gasteiger partial charge on any atom is -0.485 e. The summed E-state index contributed by atoms with van der Waals surface area (Å²) in [7, 11) is -0.257. The summed E-state index contributed by atoms with van der Waals surface area (Å²) >= 11 is 0. The zero-order valence-electron chi connectivity index (χ0n) is 19.3. The molecule has 2 aromatic rings. The highest BCUT2D eigenvalue weighted by atomic mass is 32.2. The molecule has 1 aliphatic rings. The number of anilines is 2. The van der Waals surface area contributed by atoms with Crippen LogP contribution in [0.2, 0.25) is 0 Å². The number of hydrogen-bond acceptors (Lipinski definition) is 7. The number of nitrogens with one attached hydrogen (secondary N) is 1. The fraction of sp³-hybridized carbons (Fsp3) is 0.391. The van der Waals surface area contributed by atoms with Crippen molar-refractivity contribution < 1.29 is 22.7 Å². The summed E-state index contributed by atoms with van der Waals surface area (Å²) < 4.78 is 39.8. The predicted molar refractivity (Wildman–Crippen MR) is 125 cm³/mol. The Morgan fingerprint density at radius 3 is 2.64 bits per heavy atom. The Bertz CT molecular complexity index is 1180. The number of nitriles is 1. The van der Waals surface area contributed by atoms with Gasteiger partial charge in [-0.2, -0.15) is 5.26 Å². The molecule has 2 aromatic carbocycles. The van der Waals surface area contributed by atoms with Crippen molar-refractivity contribution >= 4 is 27.5 Å². The van der Waals surface area contributed by atoms with E-state index in [9.17, 15) is 18.5 Å². The van der Waals surface area contributed by atoms with Crippen molar-refractivity contribution in [1.29, 1.82) is 5.26 Å². The second-order valence-electron chi connectivity index (χ2n) is 8.99. The van der Waals surface area contributed by atoms with Gasteiger partial charge in [0.05, 0.1) is 28.8 Å². The third-order valence-electron chi connectivity index (χ3n) is 4.66. The highest BCUT2D eigenvalue weighted by Crippen LogP contribution is 2.39. The van der Waals surface area contributed by atoms with Gasteiger partial charge in [0.25, 0.3) is 10.0 Å². The van der Waals surface area contributed by atoms with Crippen LogP contribution < -0.4 is 14.4 Å². The average molecular weight is 473 g/mol. The first kappa shape index (κ1) is 24.4. The number of carbonyl (C=O) groups is 1. The van der Waals surface area contributed by atoms with Gasteiger partial charge >= 0.3 is 6.09 Å². The largest absolute Gasteiger partial charge is 0.485 e. The van der Waals surface area contributed by atoms with E-state index in [1.54, 1.807) is 39.0 Å². The molecule has 0 bridgehead atoms. The second kappa shape index (κ2) is 9.29. The molecule has 0 saturated heterocycles. The fourth-order valence-electron chi connectivity index (χ4n) is 3.39. The molecule has 33 heavy (non-hydrogen) atoms. The topological polar surface area (TPSA) is 112 Å². The number of amides is 1. The van der Waals surface area contributed by atoms with Gasteiger partial charge < -0.3 is 14.4 Å². The highest BCUT2D eigenvalue weighted by Gasteiger charge is 2.35. The Morgan fingerprint density at radius 1 is 1.27 bits per heavy atom. The van der Waals surface area contributed by atoms with Crippen LogP contribution in [0, 0.1) is 11.3 Å². The molecule has 1 atom stereocenters. The van der Waals surface area contributed by atoms with E-state index in [2.05, 4.69) is 5.32 Å². The van der Waals surface area contributed by atoms with E-state index in [1.165, 1.54) is 28.6 Å². The van der Waals surface area contributed by atoms with Crippen LogP contribution in [0.4, 0.5) is 16.2 Å². The van der Waals surface area contributed by atoms with Crippen LogP contribution in [0.25, 0.3) is 0 Å². The van der Waals surface area contributed by atoms with Crippen molar-refractivity contribution in [2.75, 3.05) is 36.8 Å². The summed E-state index contributed by atoms with van der Waals surface area (Å²) in [5.41, 5.74) is 0.223. The SMILES string of the molecule is CN(C)CC1CN(S(=O)(=O)c2cccc(C#N)c2)c2cc(NC(=O)OC(C)(C)C)ccc2O1. The zero-order valence-corrected chi connectivity index (χ0v) is 20.1. The second-order valence-corrected chi connectivity index (χ2v) is 10.8. The maximum Gasteiger partial charge on any atom is 0.412 e. The number of sulfonamides is 1. The molecule has 0 saturated carbocycles. The predicted octanol–water partition coefficient (Wildman–Crippen LogP) is 3.42. The number of ether oxygens (including phenoxy) is 2. The first-order valence-corrected chi connectivity index (χ1v) is 11.8. The van der Waals surface area contributed by atoms with Crippen molar-refractivity contribution in [2.45, 2.75) is 37.4 Å². The van der Waals surface area contributed by atoms with Gasteiger partial charge in [0.15, 0.2) is 0 Å². The first-order valence-electron chi connectivity index (χ1n) is 10.4. The molecule has 1 aliphatic heterocycles. The molecule has 0 aliphatic carbocycles. The number of carbonyl (C=O) groups excluding carboxylic acids is 1. The zero-order chi connectivity index (χ0) is 24.4. The number of benzene rings is 2. The van der Waals surface area contributed by atoms with Crippen LogP contribution in [-0.4, -0.2) is 58.3 Å². The third kappa shape index (κ3) is 5.94. The van der Waals surface area contributed by atoms with Crippen molar-refractivity contribution in [2.24, 2.45) is 0 Å². The lowest BCUT2D eigenvalue weighted by atomic mass is 10.2. The standard InChI is InChI=1S/C23H28N4O5S/c1-23(2,3)32-22(28)25-17-9-10-21-20(12-17)27(15-18(31-21)14-26(4)5)33(29,30)19-8-6-7-16(11-19)13-24/h6-12,18H,14-15H2,1-5H3,(H,25,28). The maximum absolute atomic E-state index is 13.6. The van der Waals surface area contributed by atoms with E-state index in [4.69, 9.17) is 9.47 Å². The number of hydrogen-bond donors (Lipinski definition) is 1. The minimum absolute atomic E-state index is 0.00325. The summed E-state index contributed by atoms with van der Waals surface area (Å²) in [6, 6.07) is 12.6. The molecular formula is C23H28N4O5S. The number of rotatable bonds is 5. The van der Waals surface area contributed by atoms with Crippen molar-refractivity contribution in [3.05, 3.63) is 48.0 Å². The first-order chi connectivity index (χ1) is 15.4. The molecule has 1 amide bonds. The molecule has 0 radical (unpaired) electrons. The summed E-state index contributed by atoms with van der Waals surface area (Å²) in [5.74, 6) is 0.378. The quantitative estimate of drug-likeness (QED) is 0.709. The van der Waals surface area contributed by atoms with Gasteiger partial charge in [-0.3, -0.25) is 9.62 Å². The molecule has 1 unspecified atom stereocenters. The molecular weight excluding hydrogens is 444 g/mol. The molecule has 3 rings (SSSR count). The number of likely N-dealkylation sites (N-methyl/N-ethyl adjacent to an activating group) is 1. The molecule has 10 heteroatoms. The lowest BCUT2D eigenvalue weighted by molar-refractivity contribution is 0.0636. The van der Waals surface area contributed by atoms with Gasteiger partial charge in [-0.05, 0) is 71.3 Å². The summed E-state index contributed by atoms with van der Waals surface area (Å²) in [4.78, 5) is 14.1. The van der Waals surface area contributed by atoms with Crippen LogP contribution in [0.3, 0.4) is 0 Å². The van der Waals surface area contributed by atoms with Crippen molar-refractivity contribution in [1.82, 2.24) is 4.90 Å². The van der Waals surface area contributed by atoms with E-state index in [-0.39, 0.29) is 17.0 Å². The van der Waals surface area contributed by atoms with E-state index >= 15 is 0 Å². The molecule has 0 fully saturated rings.